The van der Waals surface area contributed by atoms with Crippen LogP contribution in [0.3, 0.4) is 0 Å². The summed E-state index contributed by atoms with van der Waals surface area (Å²) in [6, 6.07) is 0.656. The summed E-state index contributed by atoms with van der Waals surface area (Å²) in [5.41, 5.74) is 0. The summed E-state index contributed by atoms with van der Waals surface area (Å²) in [4.78, 5) is 2.54. The molecule has 0 saturated carbocycles. The number of piperidine rings is 1. The second kappa shape index (κ2) is 3.70. The van der Waals surface area contributed by atoms with Gasteiger partial charge in [0.25, 0.3) is 0 Å². The summed E-state index contributed by atoms with van der Waals surface area (Å²) < 4.78 is 11.2. The van der Waals surface area contributed by atoms with Crippen LogP contribution in [0.2, 0.25) is 0 Å². The summed E-state index contributed by atoms with van der Waals surface area (Å²) >= 11 is 0. The molecule has 0 amide bonds. The van der Waals surface area contributed by atoms with Crippen LogP contribution in [-0.4, -0.2) is 56.1 Å². The fraction of sp³-hybridized carbons (Fsp3) is 1.00. The van der Waals surface area contributed by atoms with Crippen molar-refractivity contribution in [2.24, 2.45) is 5.92 Å². The second-order valence-corrected chi connectivity index (χ2v) is 5.13. The normalized spacial score (nSPS) is 42.6. The largest absolute Gasteiger partial charge is 0.347 e. The van der Waals surface area contributed by atoms with Crippen LogP contribution in [0.4, 0.5) is 0 Å². The maximum absolute atomic E-state index is 5.58. The summed E-state index contributed by atoms with van der Waals surface area (Å²) in [5.74, 6) is 0.479. The van der Waals surface area contributed by atoms with Crippen molar-refractivity contribution in [3.63, 3.8) is 0 Å². The molecule has 3 heterocycles. The third kappa shape index (κ3) is 1.91. The molecule has 3 rings (SSSR count). The molecule has 4 heteroatoms. The zero-order chi connectivity index (χ0) is 10.3. The van der Waals surface area contributed by atoms with E-state index in [1.54, 1.807) is 0 Å². The Bertz CT molecular complexity index is 241. The molecule has 0 aromatic rings. The number of nitrogens with one attached hydrogen (secondary N) is 1. The average Bonchev–Trinajstić information content (AvgIpc) is 2.90. The minimum absolute atomic E-state index is 0.378. The lowest BCUT2D eigenvalue weighted by Crippen LogP contribution is -2.47. The predicted octanol–water partition coefficient (Wildman–Crippen LogP) is 0.0431. The highest BCUT2D eigenvalue weighted by atomic mass is 16.7. The van der Waals surface area contributed by atoms with Crippen molar-refractivity contribution in [1.29, 1.82) is 0 Å². The molecule has 0 aliphatic carbocycles. The Morgan fingerprint density at radius 3 is 2.73 bits per heavy atom. The number of rotatable bonds is 3. The first-order valence-electron chi connectivity index (χ1n) is 5.99. The monoisotopic (exact) mass is 212 g/mol. The molecule has 15 heavy (non-hydrogen) atoms. The van der Waals surface area contributed by atoms with E-state index in [1.807, 2.05) is 6.92 Å². The molecule has 1 N–H and O–H groups in total. The molecule has 3 unspecified atom stereocenters. The van der Waals surface area contributed by atoms with E-state index >= 15 is 0 Å². The first kappa shape index (κ1) is 10.0. The standard InChI is InChI=1S/C11H20N2O2/c1-11(14-4-5-15-11)8-12-10-7-13-3-2-9(10)6-13/h9-10,12H,2-8H2,1H3. The van der Waals surface area contributed by atoms with Gasteiger partial charge in [0.05, 0.1) is 13.2 Å². The van der Waals surface area contributed by atoms with Crippen LogP contribution in [0, 0.1) is 5.92 Å². The lowest BCUT2D eigenvalue weighted by molar-refractivity contribution is -0.139. The Morgan fingerprint density at radius 1 is 1.33 bits per heavy atom. The van der Waals surface area contributed by atoms with Crippen LogP contribution in [-0.2, 0) is 9.47 Å². The molecule has 0 spiro atoms. The number of nitrogens with zero attached hydrogens (tertiary/aromatic N) is 1. The Morgan fingerprint density at radius 2 is 2.13 bits per heavy atom. The van der Waals surface area contributed by atoms with Crippen molar-refractivity contribution in [2.75, 3.05) is 39.4 Å². The number of hydrogen-bond donors (Lipinski definition) is 1. The molecule has 3 fully saturated rings. The SMILES string of the molecule is CC1(CNC2CN3CCC2C3)OCCO1. The van der Waals surface area contributed by atoms with Crippen LogP contribution in [0.5, 0.6) is 0 Å². The fourth-order valence-corrected chi connectivity index (χ4v) is 2.99. The first-order valence-corrected chi connectivity index (χ1v) is 5.99. The molecule has 4 nitrogen and oxygen atoms in total. The van der Waals surface area contributed by atoms with E-state index in [0.29, 0.717) is 6.04 Å². The van der Waals surface area contributed by atoms with E-state index in [1.165, 1.54) is 26.1 Å². The molecule has 3 atom stereocenters. The lowest BCUT2D eigenvalue weighted by atomic mass is 10.00. The molecular formula is C11H20N2O2. The summed E-state index contributed by atoms with van der Waals surface area (Å²) in [7, 11) is 0. The van der Waals surface area contributed by atoms with Crippen LogP contribution < -0.4 is 5.32 Å². The molecule has 3 aliphatic heterocycles. The van der Waals surface area contributed by atoms with Crippen molar-refractivity contribution < 1.29 is 9.47 Å². The van der Waals surface area contributed by atoms with E-state index in [0.717, 1.165) is 25.7 Å². The summed E-state index contributed by atoms with van der Waals surface area (Å²) in [6.45, 7) is 8.11. The first-order chi connectivity index (χ1) is 7.25. The highest BCUT2D eigenvalue weighted by Crippen LogP contribution is 2.28. The fourth-order valence-electron chi connectivity index (χ4n) is 2.99. The topological polar surface area (TPSA) is 33.7 Å². The van der Waals surface area contributed by atoms with Crippen molar-refractivity contribution in [1.82, 2.24) is 10.2 Å². The van der Waals surface area contributed by atoms with Crippen molar-refractivity contribution in [3.8, 4) is 0 Å². The van der Waals surface area contributed by atoms with Gasteiger partial charge in [0.15, 0.2) is 5.79 Å². The Labute approximate surface area is 90.9 Å². The molecule has 0 aromatic carbocycles. The maximum Gasteiger partial charge on any atom is 0.178 e. The van der Waals surface area contributed by atoms with Gasteiger partial charge < -0.3 is 19.7 Å². The van der Waals surface area contributed by atoms with Gasteiger partial charge in [0.2, 0.25) is 0 Å². The van der Waals surface area contributed by atoms with Gasteiger partial charge in [-0.3, -0.25) is 0 Å². The van der Waals surface area contributed by atoms with Gasteiger partial charge in [-0.1, -0.05) is 0 Å². The Balaban J connectivity index is 1.50. The number of hydrogen-bond acceptors (Lipinski definition) is 4. The van der Waals surface area contributed by atoms with Crippen LogP contribution in [0.1, 0.15) is 13.3 Å². The average molecular weight is 212 g/mol. The molecule has 0 radical (unpaired) electrons. The van der Waals surface area contributed by atoms with Gasteiger partial charge in [0, 0.05) is 25.7 Å². The van der Waals surface area contributed by atoms with Gasteiger partial charge in [-0.05, 0) is 25.8 Å². The Kier molecular flexibility index (Phi) is 2.47. The minimum Gasteiger partial charge on any atom is -0.347 e. The van der Waals surface area contributed by atoms with E-state index in [9.17, 15) is 0 Å². The lowest BCUT2D eigenvalue weighted by Gasteiger charge is -2.28. The molecule has 0 aromatic heterocycles. The summed E-state index contributed by atoms with van der Waals surface area (Å²) in [5, 5.41) is 3.60. The van der Waals surface area contributed by atoms with Crippen LogP contribution >= 0.6 is 0 Å². The molecule has 3 aliphatic rings. The van der Waals surface area contributed by atoms with Gasteiger partial charge in [-0.2, -0.15) is 0 Å². The number of ether oxygens (including phenoxy) is 2. The van der Waals surface area contributed by atoms with Gasteiger partial charge in [-0.25, -0.2) is 0 Å². The Hall–Kier alpha value is -0.160. The van der Waals surface area contributed by atoms with Crippen molar-refractivity contribution in [2.45, 2.75) is 25.2 Å². The zero-order valence-corrected chi connectivity index (χ0v) is 9.37. The van der Waals surface area contributed by atoms with E-state index in [2.05, 4.69) is 10.2 Å². The van der Waals surface area contributed by atoms with E-state index < -0.39 is 0 Å². The zero-order valence-electron chi connectivity index (χ0n) is 9.37. The highest BCUT2D eigenvalue weighted by Gasteiger charge is 2.39. The smallest absolute Gasteiger partial charge is 0.178 e. The predicted molar refractivity (Wildman–Crippen MR) is 56.6 cm³/mol. The van der Waals surface area contributed by atoms with Crippen molar-refractivity contribution in [3.05, 3.63) is 0 Å². The van der Waals surface area contributed by atoms with Gasteiger partial charge in [0.1, 0.15) is 0 Å². The second-order valence-electron chi connectivity index (χ2n) is 5.13. The molecule has 3 saturated heterocycles. The van der Waals surface area contributed by atoms with Crippen LogP contribution in [0.15, 0.2) is 0 Å². The molecular weight excluding hydrogens is 192 g/mol. The van der Waals surface area contributed by atoms with Crippen molar-refractivity contribution >= 4 is 0 Å². The quantitative estimate of drug-likeness (QED) is 0.716. The van der Waals surface area contributed by atoms with E-state index in [4.69, 9.17) is 9.47 Å². The van der Waals surface area contributed by atoms with E-state index in [-0.39, 0.29) is 5.79 Å². The van der Waals surface area contributed by atoms with Gasteiger partial charge in [-0.15, -0.1) is 0 Å². The minimum atomic E-state index is -0.378. The molecule has 2 bridgehead atoms. The van der Waals surface area contributed by atoms with Gasteiger partial charge >= 0.3 is 0 Å². The third-order valence-corrected chi connectivity index (χ3v) is 3.92. The molecule has 86 valence electrons. The summed E-state index contributed by atoms with van der Waals surface area (Å²) in [6.07, 6.45) is 1.36. The highest BCUT2D eigenvalue weighted by molar-refractivity contribution is 4.95. The van der Waals surface area contributed by atoms with Crippen LogP contribution in [0.25, 0.3) is 0 Å². The maximum atomic E-state index is 5.58. The third-order valence-electron chi connectivity index (χ3n) is 3.92. The number of fused-ring (bicyclic) bond motifs is 2.